The molecule has 0 bridgehead atoms. The van der Waals surface area contributed by atoms with Gasteiger partial charge in [0.15, 0.2) is 6.10 Å². The third-order valence-electron chi connectivity index (χ3n) is 4.99. The lowest BCUT2D eigenvalue weighted by molar-refractivity contribution is -0.152. The van der Waals surface area contributed by atoms with Gasteiger partial charge in [0.05, 0.1) is 19.9 Å². The van der Waals surface area contributed by atoms with Crippen LogP contribution in [0.3, 0.4) is 0 Å². The van der Waals surface area contributed by atoms with Crippen LogP contribution in [0.1, 0.15) is 17.3 Å². The van der Waals surface area contributed by atoms with Gasteiger partial charge in [0.2, 0.25) is 0 Å². The number of anilines is 1. The predicted molar refractivity (Wildman–Crippen MR) is 128 cm³/mol. The Morgan fingerprint density at radius 3 is 2.18 bits per heavy atom. The van der Waals surface area contributed by atoms with Crippen molar-refractivity contribution in [1.29, 1.82) is 0 Å². The van der Waals surface area contributed by atoms with Crippen LogP contribution in [-0.2, 0) is 14.3 Å². The maximum Gasteiger partial charge on any atom is 0.326 e. The van der Waals surface area contributed by atoms with Crippen molar-refractivity contribution in [2.45, 2.75) is 13.0 Å². The molecule has 0 radical (unpaired) electrons. The Bertz CT molecular complexity index is 1150. The van der Waals surface area contributed by atoms with Crippen LogP contribution in [-0.4, -0.2) is 44.7 Å². The maximum absolute atomic E-state index is 12.5. The fourth-order valence-corrected chi connectivity index (χ4v) is 3.14. The molecule has 3 aromatic carbocycles. The van der Waals surface area contributed by atoms with E-state index in [4.69, 9.17) is 14.2 Å². The van der Waals surface area contributed by atoms with Gasteiger partial charge >= 0.3 is 5.97 Å². The second-order valence-electron chi connectivity index (χ2n) is 7.31. The lowest BCUT2D eigenvalue weighted by atomic mass is 10.0. The topological polar surface area (TPSA) is 103 Å². The first kappa shape index (κ1) is 24.3. The number of carbonyl (C=O) groups is 3. The Labute approximate surface area is 197 Å². The van der Waals surface area contributed by atoms with Crippen LogP contribution in [0.5, 0.6) is 11.5 Å². The molecule has 1 unspecified atom stereocenters. The Morgan fingerprint density at radius 1 is 0.853 bits per heavy atom. The average Bonchev–Trinajstić information content (AvgIpc) is 2.87. The summed E-state index contributed by atoms with van der Waals surface area (Å²) in [6.07, 6.45) is -1.09. The van der Waals surface area contributed by atoms with Crippen molar-refractivity contribution in [3.05, 3.63) is 78.4 Å². The molecule has 0 aliphatic rings. The molecule has 8 heteroatoms. The van der Waals surface area contributed by atoms with Gasteiger partial charge in [-0.25, -0.2) is 0 Å². The smallest absolute Gasteiger partial charge is 0.326 e. The van der Waals surface area contributed by atoms with Gasteiger partial charge in [-0.05, 0) is 42.3 Å². The van der Waals surface area contributed by atoms with Crippen LogP contribution in [0.2, 0.25) is 0 Å². The van der Waals surface area contributed by atoms with Crippen LogP contribution < -0.4 is 20.1 Å². The Balaban J connectivity index is 1.50. The number of ether oxygens (including phenoxy) is 3. The highest BCUT2D eigenvalue weighted by molar-refractivity contribution is 5.98. The monoisotopic (exact) mass is 462 g/mol. The molecule has 3 rings (SSSR count). The van der Waals surface area contributed by atoms with E-state index in [-0.39, 0.29) is 6.54 Å². The van der Waals surface area contributed by atoms with Crippen molar-refractivity contribution in [3.8, 4) is 22.6 Å². The van der Waals surface area contributed by atoms with Gasteiger partial charge in [-0.3, -0.25) is 14.4 Å². The SMILES string of the molecule is COc1ccc(OC)c(NC(=O)C(C)OC(=O)CNC(=O)c2ccc(-c3ccccc3)cc2)c1. The van der Waals surface area contributed by atoms with Crippen molar-refractivity contribution < 1.29 is 28.6 Å². The number of hydrogen-bond donors (Lipinski definition) is 2. The molecular formula is C26H26N2O6. The second kappa shape index (κ2) is 11.5. The first-order valence-electron chi connectivity index (χ1n) is 10.6. The Kier molecular flexibility index (Phi) is 8.23. The van der Waals surface area contributed by atoms with E-state index in [1.165, 1.54) is 21.1 Å². The summed E-state index contributed by atoms with van der Waals surface area (Å²) < 4.78 is 15.5. The van der Waals surface area contributed by atoms with Gasteiger partial charge in [0, 0.05) is 11.6 Å². The van der Waals surface area contributed by atoms with Gasteiger partial charge < -0.3 is 24.8 Å². The first-order valence-corrected chi connectivity index (χ1v) is 10.6. The highest BCUT2D eigenvalue weighted by Crippen LogP contribution is 2.29. The first-order chi connectivity index (χ1) is 16.4. The zero-order valence-corrected chi connectivity index (χ0v) is 19.2. The summed E-state index contributed by atoms with van der Waals surface area (Å²) in [5, 5.41) is 5.15. The number of carbonyl (C=O) groups excluding carboxylic acids is 3. The van der Waals surface area contributed by atoms with Gasteiger partial charge in [-0.15, -0.1) is 0 Å². The predicted octanol–water partition coefficient (Wildman–Crippen LogP) is 3.67. The lowest BCUT2D eigenvalue weighted by Gasteiger charge is -2.16. The summed E-state index contributed by atoms with van der Waals surface area (Å²) in [6, 6.07) is 21.7. The van der Waals surface area contributed by atoms with E-state index >= 15 is 0 Å². The molecule has 0 aromatic heterocycles. The molecule has 0 saturated heterocycles. The second-order valence-corrected chi connectivity index (χ2v) is 7.31. The normalized spacial score (nSPS) is 11.1. The number of esters is 1. The molecular weight excluding hydrogens is 436 g/mol. The van der Waals surface area contributed by atoms with E-state index in [1.54, 1.807) is 30.3 Å². The van der Waals surface area contributed by atoms with Crippen LogP contribution >= 0.6 is 0 Å². The summed E-state index contributed by atoms with van der Waals surface area (Å²) in [6.45, 7) is 1.06. The number of rotatable bonds is 9. The summed E-state index contributed by atoms with van der Waals surface area (Å²) in [5.41, 5.74) is 2.80. The van der Waals surface area contributed by atoms with E-state index in [0.29, 0.717) is 22.7 Å². The molecule has 2 N–H and O–H groups in total. The van der Waals surface area contributed by atoms with E-state index < -0.39 is 23.9 Å². The number of amides is 2. The summed E-state index contributed by atoms with van der Waals surface area (Å²) >= 11 is 0. The molecule has 8 nitrogen and oxygen atoms in total. The van der Waals surface area contributed by atoms with Crippen molar-refractivity contribution in [3.63, 3.8) is 0 Å². The van der Waals surface area contributed by atoms with E-state index in [9.17, 15) is 14.4 Å². The van der Waals surface area contributed by atoms with Crippen molar-refractivity contribution >= 4 is 23.5 Å². The molecule has 0 saturated carbocycles. The van der Waals surface area contributed by atoms with E-state index in [0.717, 1.165) is 11.1 Å². The summed E-state index contributed by atoms with van der Waals surface area (Å²) in [4.78, 5) is 37.0. The lowest BCUT2D eigenvalue weighted by Crippen LogP contribution is -2.35. The Hall–Kier alpha value is -4.33. The fraction of sp³-hybridized carbons (Fsp3) is 0.192. The molecule has 3 aromatic rings. The van der Waals surface area contributed by atoms with Crippen LogP contribution in [0.15, 0.2) is 72.8 Å². The molecule has 34 heavy (non-hydrogen) atoms. The number of methoxy groups -OCH3 is 2. The Morgan fingerprint density at radius 2 is 1.53 bits per heavy atom. The molecule has 0 spiro atoms. The zero-order chi connectivity index (χ0) is 24.5. The zero-order valence-electron chi connectivity index (χ0n) is 19.2. The third-order valence-corrected chi connectivity index (χ3v) is 4.99. The largest absolute Gasteiger partial charge is 0.497 e. The molecule has 176 valence electrons. The third kappa shape index (κ3) is 6.35. The number of hydrogen-bond acceptors (Lipinski definition) is 6. The van der Waals surface area contributed by atoms with Gasteiger partial charge in [-0.1, -0.05) is 42.5 Å². The van der Waals surface area contributed by atoms with Crippen molar-refractivity contribution in [2.24, 2.45) is 0 Å². The highest BCUT2D eigenvalue weighted by atomic mass is 16.5. The molecule has 1 atom stereocenters. The quantitative estimate of drug-likeness (QED) is 0.471. The minimum Gasteiger partial charge on any atom is -0.497 e. The van der Waals surface area contributed by atoms with Gasteiger partial charge in [0.25, 0.3) is 11.8 Å². The average molecular weight is 463 g/mol. The van der Waals surface area contributed by atoms with E-state index in [1.807, 2.05) is 42.5 Å². The summed E-state index contributed by atoms with van der Waals surface area (Å²) in [5.74, 6) is -0.759. The number of benzene rings is 3. The van der Waals surface area contributed by atoms with Gasteiger partial charge in [-0.2, -0.15) is 0 Å². The summed E-state index contributed by atoms with van der Waals surface area (Å²) in [7, 11) is 2.97. The molecule has 0 aliphatic carbocycles. The molecule has 0 aliphatic heterocycles. The van der Waals surface area contributed by atoms with Crippen molar-refractivity contribution in [1.82, 2.24) is 5.32 Å². The van der Waals surface area contributed by atoms with Crippen LogP contribution in [0.25, 0.3) is 11.1 Å². The minimum absolute atomic E-state index is 0.376. The fourth-order valence-electron chi connectivity index (χ4n) is 3.14. The maximum atomic E-state index is 12.5. The molecule has 0 heterocycles. The molecule has 2 amide bonds. The standard InChI is InChI=1S/C26H26N2O6/c1-17(25(30)28-22-15-21(32-2)13-14-23(22)33-3)34-24(29)16-27-26(31)20-11-9-19(10-12-20)18-7-5-4-6-8-18/h4-15,17H,16H2,1-3H3,(H,27,31)(H,28,30). The minimum atomic E-state index is -1.09. The van der Waals surface area contributed by atoms with Crippen LogP contribution in [0.4, 0.5) is 5.69 Å². The van der Waals surface area contributed by atoms with Gasteiger partial charge in [0.1, 0.15) is 18.0 Å². The molecule has 0 fully saturated rings. The highest BCUT2D eigenvalue weighted by Gasteiger charge is 2.20. The number of nitrogens with one attached hydrogen (secondary N) is 2. The van der Waals surface area contributed by atoms with Crippen LogP contribution in [0, 0.1) is 0 Å². The van der Waals surface area contributed by atoms with E-state index in [2.05, 4.69) is 10.6 Å². The van der Waals surface area contributed by atoms with Crippen molar-refractivity contribution in [2.75, 3.05) is 26.1 Å².